The first-order valence-corrected chi connectivity index (χ1v) is 6.55. The van der Waals surface area contributed by atoms with Gasteiger partial charge in [-0.3, -0.25) is 4.79 Å². The highest BCUT2D eigenvalue weighted by Crippen LogP contribution is 2.18. The Labute approximate surface area is 113 Å². The average molecular weight is 264 g/mol. The van der Waals surface area contributed by atoms with Gasteiger partial charge in [-0.2, -0.15) is 0 Å². The standard InChI is InChI=1S/C14H20N2O3/c1-18-12-5-2-6-13(8-12)19-10-14(17)16-11-4-3-7-15-9-11/h2,5-6,8,11,15H,3-4,7,9-10H2,1H3,(H,16,17)/t11-/m0/s1. The molecule has 1 aliphatic heterocycles. The van der Waals surface area contributed by atoms with Crippen molar-refractivity contribution in [1.82, 2.24) is 10.6 Å². The van der Waals surface area contributed by atoms with E-state index in [1.165, 1.54) is 0 Å². The number of carbonyl (C=O) groups excluding carboxylic acids is 1. The molecule has 0 spiro atoms. The molecule has 1 fully saturated rings. The molecule has 19 heavy (non-hydrogen) atoms. The number of amides is 1. The first-order chi connectivity index (χ1) is 9.28. The Morgan fingerprint density at radius 1 is 1.47 bits per heavy atom. The highest BCUT2D eigenvalue weighted by molar-refractivity contribution is 5.77. The van der Waals surface area contributed by atoms with Crippen molar-refractivity contribution in [2.75, 3.05) is 26.8 Å². The number of ether oxygens (including phenoxy) is 2. The first-order valence-electron chi connectivity index (χ1n) is 6.55. The van der Waals surface area contributed by atoms with E-state index in [1.54, 1.807) is 19.2 Å². The van der Waals surface area contributed by atoms with Gasteiger partial charge < -0.3 is 20.1 Å². The second-order valence-corrected chi connectivity index (χ2v) is 4.58. The van der Waals surface area contributed by atoms with Gasteiger partial charge in [0.15, 0.2) is 6.61 Å². The molecule has 0 radical (unpaired) electrons. The van der Waals surface area contributed by atoms with Gasteiger partial charge in [-0.25, -0.2) is 0 Å². The molecule has 0 bridgehead atoms. The Hall–Kier alpha value is -1.75. The molecule has 1 atom stereocenters. The molecule has 1 aromatic carbocycles. The largest absolute Gasteiger partial charge is 0.497 e. The van der Waals surface area contributed by atoms with Gasteiger partial charge in [0, 0.05) is 18.7 Å². The summed E-state index contributed by atoms with van der Waals surface area (Å²) in [6, 6.07) is 7.45. The average Bonchev–Trinajstić information content (AvgIpc) is 2.46. The summed E-state index contributed by atoms with van der Waals surface area (Å²) in [5.41, 5.74) is 0. The fraction of sp³-hybridized carbons (Fsp3) is 0.500. The predicted octanol–water partition coefficient (Wildman–Crippen LogP) is 0.942. The van der Waals surface area contributed by atoms with E-state index in [9.17, 15) is 4.79 Å². The highest BCUT2D eigenvalue weighted by Gasteiger charge is 2.15. The molecular formula is C14H20N2O3. The van der Waals surface area contributed by atoms with Crippen molar-refractivity contribution in [2.45, 2.75) is 18.9 Å². The minimum absolute atomic E-state index is 0.0314. The van der Waals surface area contributed by atoms with Crippen LogP contribution < -0.4 is 20.1 Å². The molecule has 5 nitrogen and oxygen atoms in total. The lowest BCUT2D eigenvalue weighted by molar-refractivity contribution is -0.123. The fourth-order valence-electron chi connectivity index (χ4n) is 2.08. The van der Waals surface area contributed by atoms with E-state index >= 15 is 0 Å². The normalized spacial score (nSPS) is 18.7. The maximum absolute atomic E-state index is 11.7. The van der Waals surface area contributed by atoms with Crippen LogP contribution in [0.1, 0.15) is 12.8 Å². The lowest BCUT2D eigenvalue weighted by Gasteiger charge is -2.23. The first kappa shape index (κ1) is 13.7. The van der Waals surface area contributed by atoms with Gasteiger partial charge in [0.05, 0.1) is 7.11 Å². The van der Waals surface area contributed by atoms with Crippen molar-refractivity contribution in [3.63, 3.8) is 0 Å². The zero-order valence-corrected chi connectivity index (χ0v) is 11.1. The molecule has 1 saturated heterocycles. The third kappa shape index (κ3) is 4.44. The van der Waals surface area contributed by atoms with E-state index in [0.717, 1.165) is 31.7 Å². The third-order valence-electron chi connectivity index (χ3n) is 3.07. The maximum Gasteiger partial charge on any atom is 0.258 e. The molecular weight excluding hydrogens is 244 g/mol. The SMILES string of the molecule is COc1cccc(OCC(=O)N[C@H]2CCCNC2)c1. The number of benzene rings is 1. The van der Waals surface area contributed by atoms with Crippen molar-refractivity contribution in [1.29, 1.82) is 0 Å². The maximum atomic E-state index is 11.7. The van der Waals surface area contributed by atoms with Crippen LogP contribution in [-0.4, -0.2) is 38.8 Å². The van der Waals surface area contributed by atoms with Gasteiger partial charge in [0.1, 0.15) is 11.5 Å². The zero-order chi connectivity index (χ0) is 13.5. The molecule has 1 aliphatic rings. The number of carbonyl (C=O) groups is 1. The fourth-order valence-corrected chi connectivity index (χ4v) is 2.08. The Morgan fingerprint density at radius 2 is 2.32 bits per heavy atom. The van der Waals surface area contributed by atoms with Gasteiger partial charge in [-0.1, -0.05) is 6.07 Å². The number of hydrogen-bond acceptors (Lipinski definition) is 4. The summed E-state index contributed by atoms with van der Waals surface area (Å²) in [4.78, 5) is 11.7. The van der Waals surface area contributed by atoms with E-state index in [-0.39, 0.29) is 18.6 Å². The molecule has 0 aliphatic carbocycles. The number of piperidine rings is 1. The summed E-state index contributed by atoms with van der Waals surface area (Å²) in [6.45, 7) is 1.90. The summed E-state index contributed by atoms with van der Waals surface area (Å²) in [6.07, 6.45) is 2.12. The van der Waals surface area contributed by atoms with E-state index < -0.39 is 0 Å². The predicted molar refractivity (Wildman–Crippen MR) is 72.5 cm³/mol. The van der Waals surface area contributed by atoms with Gasteiger partial charge in [-0.15, -0.1) is 0 Å². The van der Waals surface area contributed by atoms with Gasteiger partial charge >= 0.3 is 0 Å². The molecule has 0 aromatic heterocycles. The van der Waals surface area contributed by atoms with Crippen LogP contribution in [0, 0.1) is 0 Å². The van der Waals surface area contributed by atoms with Crippen LogP contribution in [0.15, 0.2) is 24.3 Å². The molecule has 0 saturated carbocycles. The monoisotopic (exact) mass is 264 g/mol. The smallest absolute Gasteiger partial charge is 0.258 e. The quantitative estimate of drug-likeness (QED) is 0.831. The van der Waals surface area contributed by atoms with Crippen LogP contribution >= 0.6 is 0 Å². The molecule has 1 amide bonds. The molecule has 1 aromatic rings. The molecule has 2 rings (SSSR count). The molecule has 1 heterocycles. The minimum Gasteiger partial charge on any atom is -0.497 e. The third-order valence-corrected chi connectivity index (χ3v) is 3.07. The number of nitrogens with one attached hydrogen (secondary N) is 2. The Morgan fingerprint density at radius 3 is 3.05 bits per heavy atom. The van der Waals surface area contributed by atoms with Crippen LogP contribution in [0.4, 0.5) is 0 Å². The number of hydrogen-bond donors (Lipinski definition) is 2. The van der Waals surface area contributed by atoms with Gasteiger partial charge in [0.25, 0.3) is 5.91 Å². The minimum atomic E-state index is -0.0866. The second-order valence-electron chi connectivity index (χ2n) is 4.58. The lowest BCUT2D eigenvalue weighted by atomic mass is 10.1. The van der Waals surface area contributed by atoms with Crippen LogP contribution in [0.3, 0.4) is 0 Å². The van der Waals surface area contributed by atoms with Crippen LogP contribution in [0.5, 0.6) is 11.5 Å². The van der Waals surface area contributed by atoms with Crippen LogP contribution in [0.2, 0.25) is 0 Å². The Balaban J connectivity index is 1.76. The van der Waals surface area contributed by atoms with Crippen LogP contribution in [-0.2, 0) is 4.79 Å². The van der Waals surface area contributed by atoms with Crippen molar-refractivity contribution in [2.24, 2.45) is 0 Å². The Bertz CT molecular complexity index is 417. The summed E-state index contributed by atoms with van der Waals surface area (Å²) < 4.78 is 10.5. The topological polar surface area (TPSA) is 59.6 Å². The van der Waals surface area contributed by atoms with Crippen molar-refractivity contribution in [3.05, 3.63) is 24.3 Å². The highest BCUT2D eigenvalue weighted by atomic mass is 16.5. The summed E-state index contributed by atoms with van der Waals surface area (Å²) >= 11 is 0. The second kappa shape index (κ2) is 6.99. The van der Waals surface area contributed by atoms with Gasteiger partial charge in [-0.05, 0) is 31.5 Å². The molecule has 2 N–H and O–H groups in total. The van der Waals surface area contributed by atoms with Crippen LogP contribution in [0.25, 0.3) is 0 Å². The van der Waals surface area contributed by atoms with Gasteiger partial charge in [0.2, 0.25) is 0 Å². The zero-order valence-electron chi connectivity index (χ0n) is 11.1. The Kier molecular flexibility index (Phi) is 5.03. The molecule has 5 heteroatoms. The van der Waals surface area contributed by atoms with E-state index in [1.807, 2.05) is 12.1 Å². The van der Waals surface area contributed by atoms with Crippen molar-refractivity contribution < 1.29 is 14.3 Å². The van der Waals surface area contributed by atoms with E-state index in [4.69, 9.17) is 9.47 Å². The lowest BCUT2D eigenvalue weighted by Crippen LogP contribution is -2.46. The summed E-state index contributed by atoms with van der Waals surface area (Å²) in [5.74, 6) is 1.27. The molecule has 104 valence electrons. The van der Waals surface area contributed by atoms with Crippen molar-refractivity contribution in [3.8, 4) is 11.5 Å². The number of rotatable bonds is 5. The summed E-state index contributed by atoms with van der Waals surface area (Å²) in [7, 11) is 1.60. The van der Waals surface area contributed by atoms with E-state index in [2.05, 4.69) is 10.6 Å². The number of methoxy groups -OCH3 is 1. The van der Waals surface area contributed by atoms with E-state index in [0.29, 0.717) is 5.75 Å². The molecule has 0 unspecified atom stereocenters. The summed E-state index contributed by atoms with van der Waals surface area (Å²) in [5, 5.41) is 6.22. The van der Waals surface area contributed by atoms with Crippen molar-refractivity contribution >= 4 is 5.91 Å².